The molecule has 0 aliphatic carbocycles. The summed E-state index contributed by atoms with van der Waals surface area (Å²) >= 11 is 0. The van der Waals surface area contributed by atoms with Crippen LogP contribution in [0.2, 0.25) is 0 Å². The Morgan fingerprint density at radius 3 is 2.45 bits per heavy atom. The molecule has 2 heterocycles. The van der Waals surface area contributed by atoms with E-state index in [0.29, 0.717) is 44.4 Å². The summed E-state index contributed by atoms with van der Waals surface area (Å²) in [5, 5.41) is 3.77. The summed E-state index contributed by atoms with van der Waals surface area (Å²) in [5.41, 5.74) is 5.37. The van der Waals surface area contributed by atoms with Crippen LogP contribution < -0.4 is 5.73 Å². The lowest BCUT2D eigenvalue weighted by atomic mass is 10.2. The van der Waals surface area contributed by atoms with Crippen LogP contribution in [0.5, 0.6) is 0 Å². The maximum absolute atomic E-state index is 12.6. The number of hydrogen-bond acceptors (Lipinski definition) is 6. The zero-order valence-electron chi connectivity index (χ0n) is 11.2. The molecule has 1 saturated heterocycles. The van der Waals surface area contributed by atoms with Gasteiger partial charge in [-0.1, -0.05) is 5.16 Å². The molecule has 2 N–H and O–H groups in total. The summed E-state index contributed by atoms with van der Waals surface area (Å²) in [7, 11) is 0. The van der Waals surface area contributed by atoms with Crippen LogP contribution in [0.25, 0.3) is 0 Å². The number of piperazine rings is 1. The number of nitrogens with two attached hydrogens (primary N) is 1. The Bertz CT molecular complexity index is 428. The number of nitrogens with zero attached hydrogens (tertiary/aromatic N) is 4. The summed E-state index contributed by atoms with van der Waals surface area (Å²) in [6.45, 7) is 3.70. The fourth-order valence-corrected chi connectivity index (χ4v) is 2.15. The van der Waals surface area contributed by atoms with Crippen molar-refractivity contribution in [1.82, 2.24) is 19.9 Å². The molecule has 1 aromatic rings. The van der Waals surface area contributed by atoms with Crippen LogP contribution in [-0.2, 0) is 13.1 Å². The smallest absolute Gasteiger partial charge is 0.338 e. The van der Waals surface area contributed by atoms with Crippen LogP contribution in [0.15, 0.2) is 4.52 Å². The third kappa shape index (κ3) is 3.68. The van der Waals surface area contributed by atoms with Gasteiger partial charge in [0.25, 0.3) is 0 Å². The fourth-order valence-electron chi connectivity index (χ4n) is 2.15. The largest absolute Gasteiger partial charge is 0.403 e. The second-order valence-corrected chi connectivity index (χ2v) is 4.84. The monoisotopic (exact) mass is 293 g/mol. The third-order valence-electron chi connectivity index (χ3n) is 3.48. The van der Waals surface area contributed by atoms with E-state index in [9.17, 15) is 13.2 Å². The first-order valence-corrected chi connectivity index (χ1v) is 6.45. The van der Waals surface area contributed by atoms with Gasteiger partial charge in [-0.3, -0.25) is 9.80 Å². The van der Waals surface area contributed by atoms with Crippen molar-refractivity contribution in [3.05, 3.63) is 11.7 Å². The van der Waals surface area contributed by atoms with Crippen LogP contribution in [-0.4, -0.2) is 58.3 Å². The van der Waals surface area contributed by atoms with Gasteiger partial charge in [0.05, 0.1) is 13.1 Å². The Morgan fingerprint density at radius 2 is 1.95 bits per heavy atom. The van der Waals surface area contributed by atoms with Gasteiger partial charge < -0.3 is 10.3 Å². The second-order valence-electron chi connectivity index (χ2n) is 4.84. The standard InChI is InChI=1S/C11H18F3N5O/c1-8(11(12,13)14)19-4-2-18(3-5-19)7-9-16-10(6-15)20-17-9/h8H,2-7,15H2,1H3. The minimum atomic E-state index is -4.17. The van der Waals surface area contributed by atoms with E-state index >= 15 is 0 Å². The molecular weight excluding hydrogens is 275 g/mol. The van der Waals surface area contributed by atoms with E-state index in [1.165, 1.54) is 11.8 Å². The molecule has 0 spiro atoms. The Kier molecular flexibility index (Phi) is 4.61. The average Bonchev–Trinajstić information content (AvgIpc) is 2.85. The fraction of sp³-hybridized carbons (Fsp3) is 0.818. The van der Waals surface area contributed by atoms with E-state index < -0.39 is 12.2 Å². The predicted octanol–water partition coefficient (Wildman–Crippen LogP) is 0.597. The molecule has 1 atom stereocenters. The number of rotatable bonds is 4. The van der Waals surface area contributed by atoms with Crippen molar-refractivity contribution in [2.45, 2.75) is 32.2 Å². The SMILES string of the molecule is CC(N1CCN(Cc2noc(CN)n2)CC1)C(F)(F)F. The number of aromatic nitrogens is 2. The lowest BCUT2D eigenvalue weighted by molar-refractivity contribution is -0.182. The molecule has 20 heavy (non-hydrogen) atoms. The maximum atomic E-state index is 12.6. The predicted molar refractivity (Wildman–Crippen MR) is 64.6 cm³/mol. The first kappa shape index (κ1) is 15.2. The van der Waals surface area contributed by atoms with Crippen LogP contribution >= 0.6 is 0 Å². The van der Waals surface area contributed by atoms with Crippen molar-refractivity contribution in [1.29, 1.82) is 0 Å². The summed E-state index contributed by atoms with van der Waals surface area (Å²) in [4.78, 5) is 7.53. The van der Waals surface area contributed by atoms with Crippen LogP contribution in [0.1, 0.15) is 18.6 Å². The molecule has 1 fully saturated rings. The molecule has 1 aliphatic heterocycles. The topological polar surface area (TPSA) is 71.4 Å². The Balaban J connectivity index is 1.82. The number of hydrogen-bond donors (Lipinski definition) is 1. The molecule has 0 amide bonds. The van der Waals surface area contributed by atoms with E-state index in [0.717, 1.165) is 0 Å². The van der Waals surface area contributed by atoms with Gasteiger partial charge in [-0.25, -0.2) is 0 Å². The highest BCUT2D eigenvalue weighted by atomic mass is 19.4. The Hall–Kier alpha value is -1.19. The van der Waals surface area contributed by atoms with Gasteiger partial charge >= 0.3 is 6.18 Å². The highest BCUT2D eigenvalue weighted by molar-refractivity contribution is 4.88. The van der Waals surface area contributed by atoms with Gasteiger partial charge in [0, 0.05) is 26.2 Å². The first-order valence-electron chi connectivity index (χ1n) is 6.45. The van der Waals surface area contributed by atoms with E-state index in [1.54, 1.807) is 0 Å². The molecule has 2 rings (SSSR count). The van der Waals surface area contributed by atoms with Gasteiger partial charge in [0.15, 0.2) is 5.82 Å². The average molecular weight is 293 g/mol. The van der Waals surface area contributed by atoms with Gasteiger partial charge in [0.2, 0.25) is 5.89 Å². The zero-order chi connectivity index (χ0) is 14.8. The quantitative estimate of drug-likeness (QED) is 0.876. The van der Waals surface area contributed by atoms with E-state index in [-0.39, 0.29) is 6.54 Å². The summed E-state index contributed by atoms with van der Waals surface area (Å²) in [6.07, 6.45) is -4.17. The van der Waals surface area contributed by atoms with E-state index in [1.807, 2.05) is 4.90 Å². The Labute approximate surface area is 114 Å². The van der Waals surface area contributed by atoms with Crippen molar-refractivity contribution in [2.75, 3.05) is 26.2 Å². The minimum absolute atomic E-state index is 0.184. The van der Waals surface area contributed by atoms with Crippen LogP contribution in [0.4, 0.5) is 13.2 Å². The summed E-state index contributed by atoms with van der Waals surface area (Å²) in [6, 6.07) is -1.40. The molecule has 0 aromatic carbocycles. The molecule has 9 heteroatoms. The van der Waals surface area contributed by atoms with Crippen molar-refractivity contribution in [3.63, 3.8) is 0 Å². The number of alkyl halides is 3. The van der Waals surface area contributed by atoms with Crippen LogP contribution in [0.3, 0.4) is 0 Å². The normalized spacial score (nSPS) is 20.2. The van der Waals surface area contributed by atoms with Crippen molar-refractivity contribution in [3.8, 4) is 0 Å². The van der Waals surface area contributed by atoms with Gasteiger partial charge in [-0.15, -0.1) is 0 Å². The minimum Gasteiger partial charge on any atom is -0.338 e. The second kappa shape index (κ2) is 6.06. The first-order chi connectivity index (χ1) is 9.40. The van der Waals surface area contributed by atoms with Crippen molar-refractivity contribution >= 4 is 0 Å². The van der Waals surface area contributed by atoms with Crippen LogP contribution in [0, 0.1) is 0 Å². The van der Waals surface area contributed by atoms with E-state index in [2.05, 4.69) is 10.1 Å². The molecule has 6 nitrogen and oxygen atoms in total. The molecule has 1 aromatic heterocycles. The Morgan fingerprint density at radius 1 is 1.30 bits per heavy atom. The highest BCUT2D eigenvalue weighted by Crippen LogP contribution is 2.25. The van der Waals surface area contributed by atoms with Gasteiger partial charge in [-0.05, 0) is 6.92 Å². The van der Waals surface area contributed by atoms with Gasteiger partial charge in [0.1, 0.15) is 6.04 Å². The summed E-state index contributed by atoms with van der Waals surface area (Å²) < 4.78 is 42.7. The molecule has 0 bridgehead atoms. The lowest BCUT2D eigenvalue weighted by Crippen LogP contribution is -2.53. The van der Waals surface area contributed by atoms with Gasteiger partial charge in [-0.2, -0.15) is 18.2 Å². The zero-order valence-corrected chi connectivity index (χ0v) is 11.2. The summed E-state index contributed by atoms with van der Waals surface area (Å²) in [5.74, 6) is 0.882. The molecule has 0 radical (unpaired) electrons. The molecule has 114 valence electrons. The molecule has 0 saturated carbocycles. The van der Waals surface area contributed by atoms with Crippen molar-refractivity contribution in [2.24, 2.45) is 5.73 Å². The van der Waals surface area contributed by atoms with E-state index in [4.69, 9.17) is 10.3 Å². The molecule has 1 aliphatic rings. The highest BCUT2D eigenvalue weighted by Gasteiger charge is 2.40. The molecular formula is C11H18F3N5O. The third-order valence-corrected chi connectivity index (χ3v) is 3.48. The maximum Gasteiger partial charge on any atom is 0.403 e. The lowest BCUT2D eigenvalue weighted by Gasteiger charge is -2.38. The number of halogens is 3. The molecule has 1 unspecified atom stereocenters. The van der Waals surface area contributed by atoms with Crippen molar-refractivity contribution < 1.29 is 17.7 Å².